The molecule has 1 aliphatic rings. The highest BCUT2D eigenvalue weighted by Crippen LogP contribution is 2.31. The fraction of sp³-hybridized carbons (Fsp3) is 0.286. The van der Waals surface area contributed by atoms with Crippen LogP contribution in [-0.2, 0) is 9.59 Å². The minimum atomic E-state index is -1.22. The van der Waals surface area contributed by atoms with Crippen LogP contribution in [0.25, 0.3) is 0 Å². The molecule has 0 bridgehead atoms. The number of amides is 2. The van der Waals surface area contributed by atoms with E-state index in [0.29, 0.717) is 18.5 Å². The zero-order chi connectivity index (χ0) is 20.1. The van der Waals surface area contributed by atoms with Gasteiger partial charge < -0.3 is 20.5 Å². The minimum Gasteiger partial charge on any atom is -0.550 e. The molecule has 6 nitrogen and oxygen atoms in total. The molecule has 1 aliphatic carbocycles. The molecule has 2 aromatic carbocycles. The van der Waals surface area contributed by atoms with Crippen molar-refractivity contribution in [2.75, 3.05) is 10.6 Å². The van der Waals surface area contributed by atoms with Gasteiger partial charge in [-0.15, -0.1) is 0 Å². The Bertz CT molecular complexity index is 882. The average molecular weight is 383 g/mol. The average Bonchev–Trinajstić information content (AvgIpc) is 2.70. The predicted octanol–water partition coefficient (Wildman–Crippen LogP) is 2.57. The highest BCUT2D eigenvalue weighted by molar-refractivity contribution is 6.10. The van der Waals surface area contributed by atoms with E-state index < -0.39 is 35.4 Å². The highest BCUT2D eigenvalue weighted by atomic mass is 19.1. The van der Waals surface area contributed by atoms with Crippen molar-refractivity contribution >= 4 is 29.2 Å². The van der Waals surface area contributed by atoms with E-state index in [0.717, 1.165) is 12.8 Å². The van der Waals surface area contributed by atoms with Crippen molar-refractivity contribution in [1.29, 1.82) is 0 Å². The largest absolute Gasteiger partial charge is 0.550 e. The number of rotatable bonds is 5. The Morgan fingerprint density at radius 1 is 0.893 bits per heavy atom. The summed E-state index contributed by atoms with van der Waals surface area (Å²) in [6.07, 6.45) is 2.40. The highest BCUT2D eigenvalue weighted by Gasteiger charge is 2.32. The Balaban J connectivity index is 1.76. The molecule has 1 fully saturated rings. The van der Waals surface area contributed by atoms with Gasteiger partial charge >= 0.3 is 0 Å². The third-order valence-corrected chi connectivity index (χ3v) is 4.94. The summed E-state index contributed by atoms with van der Waals surface area (Å²) >= 11 is 0. The molecule has 2 aromatic rings. The molecule has 2 amide bonds. The van der Waals surface area contributed by atoms with Crippen molar-refractivity contribution in [3.05, 3.63) is 59.9 Å². The number of carboxylic acids is 1. The van der Waals surface area contributed by atoms with Crippen LogP contribution in [0.2, 0.25) is 0 Å². The maximum absolute atomic E-state index is 13.0. The van der Waals surface area contributed by atoms with Gasteiger partial charge in [-0.05, 0) is 49.2 Å². The summed E-state index contributed by atoms with van der Waals surface area (Å²) in [5.41, 5.74) is 0.924. The van der Waals surface area contributed by atoms with E-state index in [1.54, 1.807) is 24.3 Å². The van der Waals surface area contributed by atoms with E-state index in [9.17, 15) is 23.9 Å². The first-order chi connectivity index (χ1) is 13.5. The van der Waals surface area contributed by atoms with Gasteiger partial charge in [0.1, 0.15) is 5.82 Å². The summed E-state index contributed by atoms with van der Waals surface area (Å²) in [6.45, 7) is 0. The van der Waals surface area contributed by atoms with Gasteiger partial charge in [0.2, 0.25) is 5.91 Å². The molecule has 1 saturated carbocycles. The van der Waals surface area contributed by atoms with E-state index in [2.05, 4.69) is 10.6 Å². The number of hydrogen-bond donors (Lipinski definition) is 2. The molecule has 0 aromatic heterocycles. The van der Waals surface area contributed by atoms with Crippen LogP contribution in [0.4, 0.5) is 15.8 Å². The number of carboxylic acid groups (broad SMARTS) is 1. The Morgan fingerprint density at radius 2 is 1.54 bits per heavy atom. The van der Waals surface area contributed by atoms with Crippen LogP contribution in [0, 0.1) is 17.7 Å². The molecule has 0 saturated heterocycles. The molecule has 7 heteroatoms. The molecular formula is C21H20FN2O4-. The van der Waals surface area contributed by atoms with Gasteiger partial charge in [0, 0.05) is 23.5 Å². The number of carbonyl (C=O) groups is 3. The van der Waals surface area contributed by atoms with Crippen LogP contribution in [-0.4, -0.2) is 17.8 Å². The van der Waals surface area contributed by atoms with E-state index in [1.807, 2.05) is 0 Å². The van der Waals surface area contributed by atoms with Crippen LogP contribution in [0.3, 0.4) is 0 Å². The van der Waals surface area contributed by atoms with Gasteiger partial charge in [0.15, 0.2) is 0 Å². The summed E-state index contributed by atoms with van der Waals surface area (Å²) in [4.78, 5) is 36.6. The number of nitrogens with one attached hydrogen (secondary N) is 2. The zero-order valence-electron chi connectivity index (χ0n) is 15.1. The summed E-state index contributed by atoms with van der Waals surface area (Å²) in [7, 11) is 0. The van der Waals surface area contributed by atoms with Crippen molar-refractivity contribution < 1.29 is 23.9 Å². The number of anilines is 2. The maximum Gasteiger partial charge on any atom is 0.257 e. The van der Waals surface area contributed by atoms with Crippen molar-refractivity contribution in [2.24, 2.45) is 11.8 Å². The Hall–Kier alpha value is -3.22. The molecule has 0 spiro atoms. The molecule has 0 heterocycles. The van der Waals surface area contributed by atoms with Crippen LogP contribution >= 0.6 is 0 Å². The quantitative estimate of drug-likeness (QED) is 0.829. The van der Waals surface area contributed by atoms with Crippen LogP contribution in [0.15, 0.2) is 48.5 Å². The first kappa shape index (κ1) is 19.5. The monoisotopic (exact) mass is 383 g/mol. The smallest absolute Gasteiger partial charge is 0.257 e. The lowest BCUT2D eigenvalue weighted by Crippen LogP contribution is -2.42. The minimum absolute atomic E-state index is 0.223. The zero-order valence-corrected chi connectivity index (χ0v) is 15.1. The van der Waals surface area contributed by atoms with Gasteiger partial charge in [-0.3, -0.25) is 9.59 Å². The molecule has 3 rings (SSSR count). The van der Waals surface area contributed by atoms with Gasteiger partial charge in [0.05, 0.1) is 11.3 Å². The van der Waals surface area contributed by atoms with Crippen LogP contribution < -0.4 is 15.7 Å². The molecule has 28 heavy (non-hydrogen) atoms. The van der Waals surface area contributed by atoms with Gasteiger partial charge in [-0.1, -0.05) is 25.0 Å². The normalized spacial score (nSPS) is 18.9. The molecule has 146 valence electrons. The fourth-order valence-electron chi connectivity index (χ4n) is 3.47. The molecule has 0 unspecified atom stereocenters. The molecule has 0 aliphatic heterocycles. The molecular weight excluding hydrogens is 363 g/mol. The van der Waals surface area contributed by atoms with Crippen LogP contribution in [0.5, 0.6) is 0 Å². The Kier molecular flexibility index (Phi) is 6.03. The van der Waals surface area contributed by atoms with E-state index in [1.165, 1.54) is 24.3 Å². The third-order valence-electron chi connectivity index (χ3n) is 4.94. The second kappa shape index (κ2) is 8.65. The van der Waals surface area contributed by atoms with Gasteiger partial charge in [-0.2, -0.15) is 0 Å². The summed E-state index contributed by atoms with van der Waals surface area (Å²) in [6, 6.07) is 11.8. The number of para-hydroxylation sites is 1. The summed E-state index contributed by atoms with van der Waals surface area (Å²) in [5, 5.41) is 16.7. The maximum atomic E-state index is 13.0. The Labute approximate surface area is 161 Å². The Morgan fingerprint density at radius 3 is 2.21 bits per heavy atom. The predicted molar refractivity (Wildman–Crippen MR) is 99.9 cm³/mol. The fourth-order valence-corrected chi connectivity index (χ4v) is 3.47. The van der Waals surface area contributed by atoms with E-state index >= 15 is 0 Å². The number of carbonyl (C=O) groups excluding carboxylic acids is 3. The summed E-state index contributed by atoms with van der Waals surface area (Å²) < 4.78 is 13.0. The second-order valence-electron chi connectivity index (χ2n) is 6.81. The topological polar surface area (TPSA) is 98.3 Å². The molecule has 0 radical (unpaired) electrons. The van der Waals surface area contributed by atoms with Crippen molar-refractivity contribution in [3.8, 4) is 0 Å². The van der Waals surface area contributed by atoms with Crippen molar-refractivity contribution in [1.82, 2.24) is 0 Å². The van der Waals surface area contributed by atoms with Crippen molar-refractivity contribution in [2.45, 2.75) is 25.7 Å². The molecule has 2 atom stereocenters. The number of hydrogen-bond acceptors (Lipinski definition) is 4. The first-order valence-electron chi connectivity index (χ1n) is 9.13. The molecule has 2 N–H and O–H groups in total. The summed E-state index contributed by atoms with van der Waals surface area (Å²) in [5.74, 6) is -4.05. The standard InChI is InChI=1S/C21H21FN2O4/c22-13-9-11-14(12-10-13)23-20(26)17-7-3-4-8-18(17)24-19(25)15-5-1-2-6-16(15)21(27)28/h3-4,7-12,15-16H,1-2,5-6H2,(H,23,26)(H,24,25)(H,27,28)/p-1/t15-,16+/m0/s1. The van der Waals surface area contributed by atoms with E-state index in [4.69, 9.17) is 0 Å². The van der Waals surface area contributed by atoms with Gasteiger partial charge in [-0.25, -0.2) is 4.39 Å². The van der Waals surface area contributed by atoms with Crippen LogP contribution in [0.1, 0.15) is 36.0 Å². The third kappa shape index (κ3) is 4.54. The lowest BCUT2D eigenvalue weighted by atomic mass is 9.78. The van der Waals surface area contributed by atoms with Crippen molar-refractivity contribution in [3.63, 3.8) is 0 Å². The van der Waals surface area contributed by atoms with Gasteiger partial charge in [0.25, 0.3) is 5.91 Å². The number of aliphatic carboxylic acids is 1. The number of benzene rings is 2. The lowest BCUT2D eigenvalue weighted by Gasteiger charge is -2.31. The van der Waals surface area contributed by atoms with E-state index in [-0.39, 0.29) is 11.3 Å². The SMILES string of the molecule is O=C(Nc1ccc(F)cc1)c1ccccc1NC(=O)[C@H]1CCCC[C@H]1C(=O)[O-]. The lowest BCUT2D eigenvalue weighted by molar-refractivity contribution is -0.313. The number of halogens is 1. The first-order valence-corrected chi connectivity index (χ1v) is 9.13. The second-order valence-corrected chi connectivity index (χ2v) is 6.81.